The molecular formula is C14H15ClN2O3. The molecule has 20 heavy (non-hydrogen) atoms. The van der Waals surface area contributed by atoms with Gasteiger partial charge in [-0.2, -0.15) is 0 Å². The summed E-state index contributed by atoms with van der Waals surface area (Å²) in [6.45, 7) is -0.333. The van der Waals surface area contributed by atoms with Gasteiger partial charge in [-0.25, -0.2) is 0 Å². The molecular weight excluding hydrogens is 280 g/mol. The number of hydrogen-bond donors (Lipinski definition) is 2. The molecule has 0 aliphatic carbocycles. The standard InChI is InChI=1S/C14H15ClN2O3/c1-17(2)13(19)9-16-14(20)11-6-5-10(4-3-7-18)12(15)8-11/h5-6,8,18H,7,9H2,1-2H3,(H,16,20). The highest BCUT2D eigenvalue weighted by atomic mass is 35.5. The lowest BCUT2D eigenvalue weighted by Crippen LogP contribution is -2.36. The number of carbonyl (C=O) groups is 2. The minimum Gasteiger partial charge on any atom is -0.384 e. The molecule has 106 valence electrons. The number of likely N-dealkylation sites (N-methyl/N-ethyl adjacent to an activating group) is 1. The summed E-state index contributed by atoms with van der Waals surface area (Å²) in [4.78, 5) is 24.6. The van der Waals surface area contributed by atoms with Gasteiger partial charge in [0.1, 0.15) is 6.61 Å². The van der Waals surface area contributed by atoms with E-state index in [4.69, 9.17) is 16.7 Å². The molecule has 6 heteroatoms. The first kappa shape index (κ1) is 16.0. The molecule has 0 bridgehead atoms. The maximum Gasteiger partial charge on any atom is 0.251 e. The van der Waals surface area contributed by atoms with E-state index in [-0.39, 0.29) is 25.0 Å². The van der Waals surface area contributed by atoms with Gasteiger partial charge in [0, 0.05) is 25.2 Å². The molecule has 2 N–H and O–H groups in total. The molecule has 1 rings (SSSR count). The van der Waals surface area contributed by atoms with Gasteiger partial charge in [0.2, 0.25) is 5.91 Å². The SMILES string of the molecule is CN(C)C(=O)CNC(=O)c1ccc(C#CCO)c(Cl)c1. The number of amides is 2. The second-order valence-corrected chi connectivity index (χ2v) is 4.53. The summed E-state index contributed by atoms with van der Waals surface area (Å²) in [5.41, 5.74) is 0.873. The Hall–Kier alpha value is -2.03. The molecule has 0 saturated heterocycles. The third-order valence-electron chi connectivity index (χ3n) is 2.43. The summed E-state index contributed by atoms with van der Waals surface area (Å²) < 4.78 is 0. The number of aliphatic hydroxyl groups excluding tert-OH is 1. The number of benzene rings is 1. The molecule has 0 aliphatic rings. The van der Waals surface area contributed by atoms with Crippen LogP contribution in [0.5, 0.6) is 0 Å². The van der Waals surface area contributed by atoms with Gasteiger partial charge in [-0.15, -0.1) is 0 Å². The van der Waals surface area contributed by atoms with Gasteiger partial charge in [-0.3, -0.25) is 9.59 Å². The van der Waals surface area contributed by atoms with Crippen LogP contribution in [0.2, 0.25) is 5.02 Å². The van der Waals surface area contributed by atoms with Gasteiger partial charge in [0.15, 0.2) is 0 Å². The molecule has 0 aliphatic heterocycles. The number of rotatable bonds is 3. The van der Waals surface area contributed by atoms with Crippen LogP contribution in [0.25, 0.3) is 0 Å². The van der Waals surface area contributed by atoms with Crippen LogP contribution in [0.4, 0.5) is 0 Å². The third-order valence-corrected chi connectivity index (χ3v) is 2.75. The second-order valence-electron chi connectivity index (χ2n) is 4.13. The molecule has 0 fully saturated rings. The molecule has 2 amide bonds. The Bertz CT molecular complexity index is 574. The van der Waals surface area contributed by atoms with Crippen LogP contribution in [-0.4, -0.2) is 49.1 Å². The van der Waals surface area contributed by atoms with Gasteiger partial charge in [0.05, 0.1) is 11.6 Å². The number of aliphatic hydroxyl groups is 1. The van der Waals surface area contributed by atoms with E-state index in [1.54, 1.807) is 26.2 Å². The fraction of sp³-hybridized carbons (Fsp3) is 0.286. The topological polar surface area (TPSA) is 69.6 Å². The van der Waals surface area contributed by atoms with Crippen molar-refractivity contribution >= 4 is 23.4 Å². The van der Waals surface area contributed by atoms with Crippen LogP contribution >= 0.6 is 11.6 Å². The molecule has 0 unspecified atom stereocenters. The van der Waals surface area contributed by atoms with Crippen molar-refractivity contribution in [2.24, 2.45) is 0 Å². The van der Waals surface area contributed by atoms with Crippen LogP contribution in [0.3, 0.4) is 0 Å². The van der Waals surface area contributed by atoms with Crippen LogP contribution in [0.15, 0.2) is 18.2 Å². The quantitative estimate of drug-likeness (QED) is 0.798. The normalized spacial score (nSPS) is 9.40. The summed E-state index contributed by atoms with van der Waals surface area (Å²) in [5.74, 6) is 4.56. The van der Waals surface area contributed by atoms with Crippen molar-refractivity contribution in [3.63, 3.8) is 0 Å². The van der Waals surface area contributed by atoms with Crippen LogP contribution < -0.4 is 5.32 Å². The van der Waals surface area contributed by atoms with Crippen LogP contribution in [0.1, 0.15) is 15.9 Å². The summed E-state index contributed by atoms with van der Waals surface area (Å²) in [7, 11) is 3.22. The first-order valence-electron chi connectivity index (χ1n) is 5.83. The van der Waals surface area contributed by atoms with Crippen LogP contribution in [-0.2, 0) is 4.79 Å². The van der Waals surface area contributed by atoms with Crippen molar-refractivity contribution in [1.82, 2.24) is 10.2 Å². The minimum absolute atomic E-state index is 0.0739. The fourth-order valence-corrected chi connectivity index (χ4v) is 1.54. The number of nitrogens with zero attached hydrogens (tertiary/aromatic N) is 1. The first-order chi connectivity index (χ1) is 9.45. The molecule has 0 saturated carbocycles. The van der Waals surface area contributed by atoms with Gasteiger partial charge in [-0.05, 0) is 18.2 Å². The van der Waals surface area contributed by atoms with Crippen LogP contribution in [0, 0.1) is 11.8 Å². The highest BCUT2D eigenvalue weighted by molar-refractivity contribution is 6.32. The average molecular weight is 295 g/mol. The van der Waals surface area contributed by atoms with Crippen molar-refractivity contribution < 1.29 is 14.7 Å². The van der Waals surface area contributed by atoms with Gasteiger partial charge >= 0.3 is 0 Å². The van der Waals surface area contributed by atoms with Crippen molar-refractivity contribution in [2.75, 3.05) is 27.2 Å². The van der Waals surface area contributed by atoms with Crippen molar-refractivity contribution in [3.8, 4) is 11.8 Å². The number of nitrogens with one attached hydrogen (secondary N) is 1. The minimum atomic E-state index is -0.385. The Morgan fingerprint density at radius 2 is 2.10 bits per heavy atom. The molecule has 5 nitrogen and oxygen atoms in total. The van der Waals surface area contributed by atoms with Gasteiger partial charge in [0.25, 0.3) is 5.91 Å². The first-order valence-corrected chi connectivity index (χ1v) is 6.21. The van der Waals surface area contributed by atoms with Crippen molar-refractivity contribution in [3.05, 3.63) is 34.3 Å². The van der Waals surface area contributed by atoms with E-state index in [1.165, 1.54) is 11.0 Å². The Morgan fingerprint density at radius 1 is 1.40 bits per heavy atom. The Balaban J connectivity index is 2.75. The zero-order valence-corrected chi connectivity index (χ0v) is 12.0. The molecule has 1 aromatic carbocycles. The highest BCUT2D eigenvalue weighted by Gasteiger charge is 2.10. The smallest absolute Gasteiger partial charge is 0.251 e. The molecule has 1 aromatic rings. The lowest BCUT2D eigenvalue weighted by atomic mass is 10.1. The van der Waals surface area contributed by atoms with E-state index in [0.29, 0.717) is 16.1 Å². The largest absolute Gasteiger partial charge is 0.384 e. The van der Waals surface area contributed by atoms with Crippen molar-refractivity contribution in [1.29, 1.82) is 0 Å². The van der Waals surface area contributed by atoms with E-state index in [9.17, 15) is 9.59 Å². The predicted octanol–water partition coefficient (Wildman–Crippen LogP) is 0.502. The maximum absolute atomic E-state index is 11.8. The zero-order valence-electron chi connectivity index (χ0n) is 11.2. The molecule has 0 spiro atoms. The molecule has 0 atom stereocenters. The summed E-state index contributed by atoms with van der Waals surface area (Å²) in [6.07, 6.45) is 0. The lowest BCUT2D eigenvalue weighted by Gasteiger charge is -2.11. The number of carbonyl (C=O) groups excluding carboxylic acids is 2. The summed E-state index contributed by atoms with van der Waals surface area (Å²) in [6, 6.07) is 4.62. The molecule has 0 aromatic heterocycles. The van der Waals surface area contributed by atoms with Crippen molar-refractivity contribution in [2.45, 2.75) is 0 Å². The fourth-order valence-electron chi connectivity index (χ4n) is 1.31. The zero-order chi connectivity index (χ0) is 15.1. The van der Waals surface area contributed by atoms with E-state index in [1.807, 2.05) is 0 Å². The third kappa shape index (κ3) is 4.57. The van der Waals surface area contributed by atoms with E-state index >= 15 is 0 Å². The highest BCUT2D eigenvalue weighted by Crippen LogP contribution is 2.16. The summed E-state index contributed by atoms with van der Waals surface area (Å²) >= 11 is 5.98. The Labute approximate surface area is 122 Å². The second kappa shape index (κ2) is 7.53. The van der Waals surface area contributed by atoms with Gasteiger partial charge in [-0.1, -0.05) is 23.4 Å². The number of hydrogen-bond acceptors (Lipinski definition) is 3. The number of halogens is 1. The maximum atomic E-state index is 11.8. The lowest BCUT2D eigenvalue weighted by molar-refractivity contribution is -0.127. The Kier molecular flexibility index (Phi) is 6.04. The van der Waals surface area contributed by atoms with E-state index < -0.39 is 0 Å². The van der Waals surface area contributed by atoms with E-state index in [2.05, 4.69) is 17.2 Å². The molecule has 0 radical (unpaired) electrons. The predicted molar refractivity (Wildman–Crippen MR) is 76.4 cm³/mol. The Morgan fingerprint density at radius 3 is 2.65 bits per heavy atom. The monoisotopic (exact) mass is 294 g/mol. The molecule has 0 heterocycles. The summed E-state index contributed by atoms with van der Waals surface area (Å²) in [5, 5.41) is 11.4. The van der Waals surface area contributed by atoms with Gasteiger partial charge < -0.3 is 15.3 Å². The van der Waals surface area contributed by atoms with E-state index in [0.717, 1.165) is 0 Å². The average Bonchev–Trinajstić information content (AvgIpc) is 2.42.